The highest BCUT2D eigenvalue weighted by atomic mass is 35.5. The van der Waals surface area contributed by atoms with Crippen LogP contribution in [0, 0.1) is 0 Å². The summed E-state index contributed by atoms with van der Waals surface area (Å²) in [7, 11) is 3.37. The second-order valence-corrected chi connectivity index (χ2v) is 2.05. The molecular weight excluding hydrogens is 191 g/mol. The van der Waals surface area contributed by atoms with Crippen LogP contribution in [0.3, 0.4) is 0 Å². The molecule has 0 radical (unpaired) electrons. The SMILES string of the molecule is CN(C)[C@@H](CN)C(=O)O.Cl.Cl. The number of halogens is 2. The Morgan fingerprint density at radius 2 is 1.91 bits per heavy atom. The monoisotopic (exact) mass is 204 g/mol. The number of hydrogen-bond acceptors (Lipinski definition) is 3. The van der Waals surface area contributed by atoms with Gasteiger partial charge in [0.15, 0.2) is 0 Å². The molecule has 0 heterocycles. The van der Waals surface area contributed by atoms with Crippen molar-refractivity contribution in [3.8, 4) is 0 Å². The third kappa shape index (κ3) is 6.37. The van der Waals surface area contributed by atoms with Crippen molar-refractivity contribution in [2.45, 2.75) is 6.04 Å². The first kappa shape index (κ1) is 17.2. The van der Waals surface area contributed by atoms with E-state index in [4.69, 9.17) is 10.8 Å². The molecule has 0 saturated heterocycles. The van der Waals surface area contributed by atoms with E-state index in [1.807, 2.05) is 0 Å². The summed E-state index contributed by atoms with van der Waals surface area (Å²) in [5.41, 5.74) is 5.15. The van der Waals surface area contributed by atoms with Crippen molar-refractivity contribution in [1.82, 2.24) is 4.90 Å². The average Bonchev–Trinajstić information content (AvgIpc) is 1.64. The smallest absolute Gasteiger partial charge is 0.322 e. The molecule has 0 aliphatic rings. The fourth-order valence-corrected chi connectivity index (χ4v) is 0.533. The van der Waals surface area contributed by atoms with E-state index in [0.29, 0.717) is 0 Å². The summed E-state index contributed by atoms with van der Waals surface area (Å²) < 4.78 is 0. The number of carboxylic acid groups (broad SMARTS) is 1. The van der Waals surface area contributed by atoms with Gasteiger partial charge in [0.25, 0.3) is 0 Å². The largest absolute Gasteiger partial charge is 0.480 e. The summed E-state index contributed by atoms with van der Waals surface area (Å²) in [6, 6.07) is -0.551. The van der Waals surface area contributed by atoms with Crippen LogP contribution in [0.5, 0.6) is 0 Å². The van der Waals surface area contributed by atoms with Gasteiger partial charge in [0, 0.05) is 6.54 Å². The maximum atomic E-state index is 10.3. The average molecular weight is 205 g/mol. The van der Waals surface area contributed by atoms with Gasteiger partial charge in [0.2, 0.25) is 0 Å². The van der Waals surface area contributed by atoms with E-state index in [2.05, 4.69) is 0 Å². The molecule has 0 bridgehead atoms. The van der Waals surface area contributed by atoms with E-state index in [1.165, 1.54) is 0 Å². The maximum absolute atomic E-state index is 10.3. The summed E-state index contributed by atoms with van der Waals surface area (Å²) in [5, 5.41) is 8.42. The van der Waals surface area contributed by atoms with Crippen LogP contribution in [0.15, 0.2) is 0 Å². The Kier molecular flexibility index (Phi) is 12.6. The quantitative estimate of drug-likeness (QED) is 0.669. The van der Waals surface area contributed by atoms with Crippen LogP contribution in [-0.2, 0) is 4.79 Å². The molecule has 70 valence electrons. The summed E-state index contributed by atoms with van der Waals surface area (Å²) in [5.74, 6) is -0.873. The highest BCUT2D eigenvalue weighted by molar-refractivity contribution is 5.85. The van der Waals surface area contributed by atoms with Crippen molar-refractivity contribution >= 4 is 30.8 Å². The van der Waals surface area contributed by atoms with Gasteiger partial charge in [0.1, 0.15) is 6.04 Å². The van der Waals surface area contributed by atoms with Crippen molar-refractivity contribution in [2.24, 2.45) is 5.73 Å². The molecule has 0 fully saturated rings. The zero-order valence-electron chi connectivity index (χ0n) is 6.48. The fourth-order valence-electron chi connectivity index (χ4n) is 0.533. The van der Waals surface area contributed by atoms with E-state index in [9.17, 15) is 4.79 Å². The molecule has 0 rings (SSSR count). The predicted octanol–water partition coefficient (Wildman–Crippen LogP) is -0.196. The second-order valence-electron chi connectivity index (χ2n) is 2.05. The molecule has 11 heavy (non-hydrogen) atoms. The molecule has 0 aliphatic carbocycles. The number of likely N-dealkylation sites (N-methyl/N-ethyl adjacent to an activating group) is 1. The van der Waals surface area contributed by atoms with Crippen molar-refractivity contribution < 1.29 is 9.90 Å². The number of rotatable bonds is 3. The van der Waals surface area contributed by atoms with Gasteiger partial charge in [0.05, 0.1) is 0 Å². The molecule has 1 atom stereocenters. The number of nitrogens with zero attached hydrogens (tertiary/aromatic N) is 1. The highest BCUT2D eigenvalue weighted by Crippen LogP contribution is 1.88. The van der Waals surface area contributed by atoms with E-state index in [1.54, 1.807) is 19.0 Å². The number of nitrogens with two attached hydrogens (primary N) is 1. The van der Waals surface area contributed by atoms with Crippen LogP contribution < -0.4 is 5.73 Å². The van der Waals surface area contributed by atoms with E-state index in [0.717, 1.165) is 0 Å². The zero-order valence-corrected chi connectivity index (χ0v) is 8.11. The first-order valence-electron chi connectivity index (χ1n) is 2.69. The van der Waals surface area contributed by atoms with Gasteiger partial charge >= 0.3 is 5.97 Å². The van der Waals surface area contributed by atoms with Crippen LogP contribution in [-0.4, -0.2) is 42.7 Å². The first-order chi connectivity index (χ1) is 4.09. The molecule has 0 saturated carbocycles. The third-order valence-corrected chi connectivity index (χ3v) is 1.13. The minimum absolute atomic E-state index is 0. The lowest BCUT2D eigenvalue weighted by Crippen LogP contribution is -2.41. The lowest BCUT2D eigenvalue weighted by Gasteiger charge is -2.16. The molecule has 0 aliphatic heterocycles. The molecule has 0 aromatic rings. The van der Waals surface area contributed by atoms with Gasteiger partial charge in [-0.3, -0.25) is 9.69 Å². The highest BCUT2D eigenvalue weighted by Gasteiger charge is 2.16. The summed E-state index contributed by atoms with van der Waals surface area (Å²) in [6.07, 6.45) is 0. The topological polar surface area (TPSA) is 66.6 Å². The molecule has 4 nitrogen and oxygen atoms in total. The van der Waals surface area contributed by atoms with Crippen LogP contribution in [0.1, 0.15) is 0 Å². The summed E-state index contributed by atoms with van der Waals surface area (Å²) >= 11 is 0. The molecule has 6 heteroatoms. The molecule has 0 amide bonds. The van der Waals surface area contributed by atoms with E-state index >= 15 is 0 Å². The Morgan fingerprint density at radius 1 is 1.55 bits per heavy atom. The van der Waals surface area contributed by atoms with Crippen LogP contribution in [0.25, 0.3) is 0 Å². The zero-order chi connectivity index (χ0) is 7.44. The van der Waals surface area contributed by atoms with Crippen molar-refractivity contribution in [3.63, 3.8) is 0 Å². The van der Waals surface area contributed by atoms with Gasteiger partial charge in [-0.1, -0.05) is 0 Å². The fraction of sp³-hybridized carbons (Fsp3) is 0.800. The van der Waals surface area contributed by atoms with E-state index in [-0.39, 0.29) is 31.4 Å². The second kappa shape index (κ2) is 8.07. The molecule has 0 spiro atoms. The van der Waals surface area contributed by atoms with E-state index < -0.39 is 12.0 Å². The van der Waals surface area contributed by atoms with Gasteiger partial charge in [-0.15, -0.1) is 24.8 Å². The number of carbonyl (C=O) groups is 1. The normalized spacial score (nSPS) is 11.3. The Morgan fingerprint density at radius 3 is 1.91 bits per heavy atom. The van der Waals surface area contributed by atoms with Gasteiger partial charge in [-0.25, -0.2) is 0 Å². The lowest BCUT2D eigenvalue weighted by atomic mass is 10.3. The minimum Gasteiger partial charge on any atom is -0.480 e. The molecular formula is C5H14Cl2N2O2. The predicted molar refractivity (Wildman–Crippen MR) is 48.7 cm³/mol. The van der Waals surface area contributed by atoms with Gasteiger partial charge in [-0.05, 0) is 14.1 Å². The Hall–Kier alpha value is -0.0300. The van der Waals surface area contributed by atoms with Crippen LogP contribution in [0.4, 0.5) is 0 Å². The van der Waals surface area contributed by atoms with Gasteiger partial charge < -0.3 is 10.8 Å². The Balaban J connectivity index is -0.000000320. The summed E-state index contributed by atoms with van der Waals surface area (Å²) in [6.45, 7) is 0.155. The number of carboxylic acids is 1. The molecule has 3 N–H and O–H groups in total. The molecule has 0 unspecified atom stereocenters. The Bertz CT molecular complexity index is 111. The Labute approximate surface area is 78.6 Å². The molecule has 0 aromatic heterocycles. The van der Waals surface area contributed by atoms with Crippen LogP contribution >= 0.6 is 24.8 Å². The lowest BCUT2D eigenvalue weighted by molar-refractivity contribution is -0.141. The number of hydrogen-bond donors (Lipinski definition) is 2. The summed E-state index contributed by atoms with van der Waals surface area (Å²) in [4.78, 5) is 11.8. The van der Waals surface area contributed by atoms with Crippen molar-refractivity contribution in [1.29, 1.82) is 0 Å². The third-order valence-electron chi connectivity index (χ3n) is 1.13. The number of aliphatic carboxylic acids is 1. The maximum Gasteiger partial charge on any atom is 0.322 e. The van der Waals surface area contributed by atoms with Crippen molar-refractivity contribution in [2.75, 3.05) is 20.6 Å². The molecule has 0 aromatic carbocycles. The standard InChI is InChI=1S/C5H12N2O2.2ClH/c1-7(2)4(3-6)5(8)9;;/h4H,3,6H2,1-2H3,(H,8,9);2*1H/t4-;;/m0../s1. The van der Waals surface area contributed by atoms with Gasteiger partial charge in [-0.2, -0.15) is 0 Å². The van der Waals surface area contributed by atoms with Crippen molar-refractivity contribution in [3.05, 3.63) is 0 Å². The van der Waals surface area contributed by atoms with Crippen LogP contribution in [0.2, 0.25) is 0 Å². The first-order valence-corrected chi connectivity index (χ1v) is 2.69. The minimum atomic E-state index is -0.873.